The molecule has 16 heavy (non-hydrogen) atoms. The number of H-pyrrole nitrogens is 1. The first kappa shape index (κ1) is 11.5. The van der Waals surface area contributed by atoms with Gasteiger partial charge in [0.2, 0.25) is 0 Å². The van der Waals surface area contributed by atoms with Crippen molar-refractivity contribution in [3.8, 4) is 0 Å². The van der Waals surface area contributed by atoms with Crippen molar-refractivity contribution in [3.05, 3.63) is 11.4 Å². The van der Waals surface area contributed by atoms with Crippen LogP contribution in [0.25, 0.3) is 0 Å². The number of hydrogen-bond donors (Lipinski definition) is 2. The van der Waals surface area contributed by atoms with Crippen LogP contribution in [-0.4, -0.2) is 16.2 Å². The topological polar surface area (TPSA) is 40.7 Å². The lowest BCUT2D eigenvalue weighted by molar-refractivity contribution is 0.280. The lowest BCUT2D eigenvalue weighted by atomic mass is 9.80. The van der Waals surface area contributed by atoms with Crippen LogP contribution in [0.4, 0.5) is 5.69 Å². The Morgan fingerprint density at radius 2 is 1.75 bits per heavy atom. The minimum atomic E-state index is 0.619. The third-order valence-electron chi connectivity index (χ3n) is 3.66. The summed E-state index contributed by atoms with van der Waals surface area (Å²) in [6.45, 7) is 8.86. The number of aromatic amines is 1. The monoisotopic (exact) mass is 221 g/mol. The summed E-state index contributed by atoms with van der Waals surface area (Å²) in [5.74, 6) is 1.68. The summed E-state index contributed by atoms with van der Waals surface area (Å²) in [7, 11) is 0. The summed E-state index contributed by atoms with van der Waals surface area (Å²) < 4.78 is 0. The molecule has 0 radical (unpaired) electrons. The highest BCUT2D eigenvalue weighted by atomic mass is 15.2. The first-order valence-electron chi connectivity index (χ1n) is 6.34. The molecule has 3 nitrogen and oxygen atoms in total. The summed E-state index contributed by atoms with van der Waals surface area (Å²) in [6.07, 6.45) is 3.95. The second-order valence-corrected chi connectivity index (χ2v) is 5.57. The van der Waals surface area contributed by atoms with Gasteiger partial charge in [-0.1, -0.05) is 13.8 Å². The smallest absolute Gasteiger partial charge is 0.0825 e. The molecule has 1 heterocycles. The Bertz CT molecular complexity index is 327. The van der Waals surface area contributed by atoms with Crippen LogP contribution in [-0.2, 0) is 0 Å². The van der Waals surface area contributed by atoms with Crippen molar-refractivity contribution in [1.82, 2.24) is 10.2 Å². The van der Waals surface area contributed by atoms with E-state index in [0.29, 0.717) is 6.04 Å². The molecule has 1 aliphatic carbocycles. The number of anilines is 1. The molecule has 1 fully saturated rings. The Morgan fingerprint density at radius 1 is 1.12 bits per heavy atom. The van der Waals surface area contributed by atoms with Gasteiger partial charge in [0, 0.05) is 6.04 Å². The van der Waals surface area contributed by atoms with Crippen molar-refractivity contribution >= 4 is 5.69 Å². The lowest BCUT2D eigenvalue weighted by Gasteiger charge is -2.32. The largest absolute Gasteiger partial charge is 0.379 e. The van der Waals surface area contributed by atoms with Crippen molar-refractivity contribution in [2.24, 2.45) is 11.8 Å². The van der Waals surface area contributed by atoms with Gasteiger partial charge in [0.05, 0.1) is 17.1 Å². The second kappa shape index (κ2) is 4.48. The average molecular weight is 221 g/mol. The zero-order valence-corrected chi connectivity index (χ0v) is 10.8. The van der Waals surface area contributed by atoms with Crippen LogP contribution in [0.1, 0.15) is 44.5 Å². The summed E-state index contributed by atoms with van der Waals surface area (Å²) in [6, 6.07) is 0.619. The molecule has 1 aliphatic rings. The molecule has 90 valence electrons. The number of rotatable bonds is 2. The number of aryl methyl sites for hydroxylation is 2. The highest BCUT2D eigenvalue weighted by molar-refractivity contribution is 5.52. The molecule has 2 rings (SSSR count). The summed E-state index contributed by atoms with van der Waals surface area (Å²) >= 11 is 0. The third-order valence-corrected chi connectivity index (χ3v) is 3.66. The minimum absolute atomic E-state index is 0.619. The Kier molecular flexibility index (Phi) is 3.22. The SMILES string of the molecule is Cc1n[nH]c(C)c1NC1CC(C)CC(C)C1. The van der Waals surface area contributed by atoms with Crippen LogP contribution in [0.5, 0.6) is 0 Å². The van der Waals surface area contributed by atoms with Crippen LogP contribution in [0.2, 0.25) is 0 Å². The Labute approximate surface area is 98.0 Å². The molecule has 0 spiro atoms. The molecule has 3 heteroatoms. The number of hydrogen-bond acceptors (Lipinski definition) is 2. The van der Waals surface area contributed by atoms with E-state index in [9.17, 15) is 0 Å². The van der Waals surface area contributed by atoms with Gasteiger partial charge in [-0.25, -0.2) is 0 Å². The van der Waals surface area contributed by atoms with Gasteiger partial charge in [0.25, 0.3) is 0 Å². The van der Waals surface area contributed by atoms with Gasteiger partial charge in [-0.15, -0.1) is 0 Å². The molecule has 0 saturated heterocycles. The molecule has 2 unspecified atom stereocenters. The van der Waals surface area contributed by atoms with Gasteiger partial charge in [0.1, 0.15) is 0 Å². The number of aromatic nitrogens is 2. The third kappa shape index (κ3) is 2.39. The lowest BCUT2D eigenvalue weighted by Crippen LogP contribution is -2.30. The van der Waals surface area contributed by atoms with Crippen molar-refractivity contribution in [3.63, 3.8) is 0 Å². The summed E-state index contributed by atoms with van der Waals surface area (Å²) in [5, 5.41) is 10.9. The maximum absolute atomic E-state index is 4.23. The zero-order chi connectivity index (χ0) is 11.7. The quantitative estimate of drug-likeness (QED) is 0.804. The van der Waals surface area contributed by atoms with Gasteiger partial charge >= 0.3 is 0 Å². The highest BCUT2D eigenvalue weighted by Crippen LogP contribution is 2.31. The summed E-state index contributed by atoms with van der Waals surface area (Å²) in [5.41, 5.74) is 3.46. The molecule has 0 aromatic carbocycles. The summed E-state index contributed by atoms with van der Waals surface area (Å²) in [4.78, 5) is 0. The van der Waals surface area contributed by atoms with E-state index in [1.165, 1.54) is 24.9 Å². The Hall–Kier alpha value is -0.990. The van der Waals surface area contributed by atoms with E-state index in [1.54, 1.807) is 0 Å². The molecule has 1 saturated carbocycles. The van der Waals surface area contributed by atoms with Crippen molar-refractivity contribution in [1.29, 1.82) is 0 Å². The van der Waals surface area contributed by atoms with E-state index >= 15 is 0 Å². The average Bonchev–Trinajstić information content (AvgIpc) is 2.48. The minimum Gasteiger partial charge on any atom is -0.379 e. The van der Waals surface area contributed by atoms with Gasteiger partial charge in [-0.05, 0) is 44.9 Å². The molecule has 2 atom stereocenters. The van der Waals surface area contributed by atoms with Crippen molar-refractivity contribution in [2.75, 3.05) is 5.32 Å². The van der Waals surface area contributed by atoms with Crippen LogP contribution in [0.15, 0.2) is 0 Å². The first-order valence-corrected chi connectivity index (χ1v) is 6.34. The maximum atomic E-state index is 4.23. The van der Waals surface area contributed by atoms with Crippen LogP contribution < -0.4 is 5.32 Å². The van der Waals surface area contributed by atoms with Gasteiger partial charge in [-0.3, -0.25) is 5.10 Å². The predicted molar refractivity (Wildman–Crippen MR) is 67.7 cm³/mol. The molecule has 0 amide bonds. The second-order valence-electron chi connectivity index (χ2n) is 5.57. The molecule has 2 N–H and O–H groups in total. The molecule has 1 aromatic heterocycles. The van der Waals surface area contributed by atoms with Crippen molar-refractivity contribution < 1.29 is 0 Å². The van der Waals surface area contributed by atoms with Gasteiger partial charge in [0.15, 0.2) is 0 Å². The Morgan fingerprint density at radius 3 is 2.25 bits per heavy atom. The van der Waals surface area contributed by atoms with Crippen LogP contribution in [0, 0.1) is 25.7 Å². The fraction of sp³-hybridized carbons (Fsp3) is 0.769. The van der Waals surface area contributed by atoms with E-state index in [4.69, 9.17) is 0 Å². The van der Waals surface area contributed by atoms with E-state index in [2.05, 4.69) is 43.2 Å². The predicted octanol–water partition coefficient (Wildman–Crippen LogP) is 3.26. The maximum Gasteiger partial charge on any atom is 0.0825 e. The molecule has 0 bridgehead atoms. The standard InChI is InChI=1S/C13H23N3/c1-8-5-9(2)7-12(6-8)14-13-10(3)15-16-11(13)4/h8-9,12,14H,5-7H2,1-4H3,(H,15,16). The molecular formula is C13H23N3. The fourth-order valence-corrected chi connectivity index (χ4v) is 3.03. The van der Waals surface area contributed by atoms with Crippen molar-refractivity contribution in [2.45, 2.75) is 53.0 Å². The first-order chi connectivity index (χ1) is 7.56. The van der Waals surface area contributed by atoms with E-state index in [0.717, 1.165) is 23.2 Å². The number of nitrogens with one attached hydrogen (secondary N) is 2. The fourth-order valence-electron chi connectivity index (χ4n) is 3.03. The van der Waals surface area contributed by atoms with Crippen LogP contribution in [0.3, 0.4) is 0 Å². The van der Waals surface area contributed by atoms with E-state index < -0.39 is 0 Å². The zero-order valence-electron chi connectivity index (χ0n) is 10.8. The van der Waals surface area contributed by atoms with E-state index in [-0.39, 0.29) is 0 Å². The van der Waals surface area contributed by atoms with Crippen LogP contribution >= 0.6 is 0 Å². The van der Waals surface area contributed by atoms with E-state index in [1.807, 2.05) is 0 Å². The molecular weight excluding hydrogens is 198 g/mol. The molecule has 1 aromatic rings. The number of nitrogens with zero attached hydrogens (tertiary/aromatic N) is 1. The molecule has 0 aliphatic heterocycles. The van der Waals surface area contributed by atoms with Gasteiger partial charge in [-0.2, -0.15) is 5.10 Å². The highest BCUT2D eigenvalue weighted by Gasteiger charge is 2.24. The normalized spacial score (nSPS) is 30.4. The van der Waals surface area contributed by atoms with Gasteiger partial charge < -0.3 is 5.32 Å². The Balaban J connectivity index is 2.04.